The van der Waals surface area contributed by atoms with Gasteiger partial charge in [0.15, 0.2) is 8.32 Å². The van der Waals surface area contributed by atoms with Gasteiger partial charge in [0.05, 0.1) is 31.1 Å². The molecule has 1 heterocycles. The topological polar surface area (TPSA) is 47.3 Å². The van der Waals surface area contributed by atoms with Crippen LogP contribution in [0.15, 0.2) is 34.8 Å². The first kappa shape index (κ1) is 19.4. The molecule has 0 unspecified atom stereocenters. The molecule has 0 bridgehead atoms. The Hall–Kier alpha value is -0.953. The third-order valence-electron chi connectivity index (χ3n) is 4.68. The second kappa shape index (κ2) is 7.52. The molecule has 0 saturated carbocycles. The molecule has 0 spiro atoms. The van der Waals surface area contributed by atoms with Crippen LogP contribution in [0.5, 0.6) is 0 Å². The summed E-state index contributed by atoms with van der Waals surface area (Å²) < 4.78 is 9.31. The molecule has 0 amide bonds. The van der Waals surface area contributed by atoms with E-state index < -0.39 is 8.32 Å². The van der Waals surface area contributed by atoms with E-state index in [1.54, 1.807) is 0 Å². The zero-order valence-electron chi connectivity index (χ0n) is 15.1. The predicted molar refractivity (Wildman–Crippen MR) is 103 cm³/mol. The summed E-state index contributed by atoms with van der Waals surface area (Å²) in [7, 11) is -1.82. The van der Waals surface area contributed by atoms with Crippen molar-refractivity contribution in [2.24, 2.45) is 0 Å². The van der Waals surface area contributed by atoms with Gasteiger partial charge in [-0.3, -0.25) is 4.68 Å². The van der Waals surface area contributed by atoms with Crippen molar-refractivity contribution >= 4 is 24.2 Å². The van der Waals surface area contributed by atoms with Crippen LogP contribution in [-0.2, 0) is 24.2 Å². The van der Waals surface area contributed by atoms with Gasteiger partial charge in [-0.25, -0.2) is 0 Å². The number of nitrogens with zero attached hydrogens (tertiary/aromatic N) is 2. The maximum absolute atomic E-state index is 9.43. The van der Waals surface area contributed by atoms with Crippen molar-refractivity contribution in [3.8, 4) is 0 Å². The van der Waals surface area contributed by atoms with E-state index in [-0.39, 0.29) is 11.6 Å². The number of aliphatic hydroxyl groups is 1. The maximum Gasteiger partial charge on any atom is 0.192 e. The SMILES string of the molecule is CC(C)(C)[Si](C)(C)OCc1cc(CO)nn1Cc1cccc(Br)c1. The Labute approximate surface area is 154 Å². The molecule has 0 aliphatic rings. The van der Waals surface area contributed by atoms with Gasteiger partial charge in [-0.1, -0.05) is 48.8 Å². The highest BCUT2D eigenvalue weighted by Crippen LogP contribution is 2.37. The van der Waals surface area contributed by atoms with Gasteiger partial charge in [0.1, 0.15) is 0 Å². The highest BCUT2D eigenvalue weighted by molar-refractivity contribution is 9.10. The average Bonchev–Trinajstić information content (AvgIpc) is 2.86. The monoisotopic (exact) mass is 410 g/mol. The van der Waals surface area contributed by atoms with E-state index >= 15 is 0 Å². The molecule has 2 rings (SSSR count). The summed E-state index contributed by atoms with van der Waals surface area (Å²) in [4.78, 5) is 0. The van der Waals surface area contributed by atoms with E-state index in [9.17, 15) is 5.11 Å². The molecule has 1 N–H and O–H groups in total. The van der Waals surface area contributed by atoms with Crippen molar-refractivity contribution in [2.75, 3.05) is 0 Å². The standard InChI is InChI=1S/C18H27BrN2O2Si/c1-18(2,3)24(4,5)23-13-17-10-16(12-22)20-21(17)11-14-7-6-8-15(19)9-14/h6-10,22H,11-13H2,1-5H3. The first-order valence-electron chi connectivity index (χ1n) is 8.17. The fraction of sp³-hybridized carbons (Fsp3) is 0.500. The van der Waals surface area contributed by atoms with Crippen molar-refractivity contribution in [3.63, 3.8) is 0 Å². The molecule has 1 aromatic carbocycles. The zero-order valence-corrected chi connectivity index (χ0v) is 17.7. The van der Waals surface area contributed by atoms with Crippen molar-refractivity contribution in [2.45, 2.75) is 58.7 Å². The van der Waals surface area contributed by atoms with Crippen LogP contribution in [0, 0.1) is 0 Å². The van der Waals surface area contributed by atoms with Crippen molar-refractivity contribution in [3.05, 3.63) is 51.8 Å². The summed E-state index contributed by atoms with van der Waals surface area (Å²) in [5.74, 6) is 0. The Morgan fingerprint density at radius 2 is 1.96 bits per heavy atom. The van der Waals surface area contributed by atoms with E-state index in [0.29, 0.717) is 18.8 Å². The largest absolute Gasteiger partial charge is 0.411 e. The molecular weight excluding hydrogens is 384 g/mol. The lowest BCUT2D eigenvalue weighted by atomic mass is 10.2. The van der Waals surface area contributed by atoms with Crippen molar-refractivity contribution in [1.82, 2.24) is 9.78 Å². The fourth-order valence-corrected chi connectivity index (χ4v) is 3.51. The molecule has 6 heteroatoms. The quantitative estimate of drug-likeness (QED) is 0.701. The lowest BCUT2D eigenvalue weighted by Gasteiger charge is -2.36. The first-order chi connectivity index (χ1) is 11.1. The van der Waals surface area contributed by atoms with Crippen LogP contribution in [0.2, 0.25) is 18.1 Å². The van der Waals surface area contributed by atoms with Gasteiger partial charge in [0.2, 0.25) is 0 Å². The summed E-state index contributed by atoms with van der Waals surface area (Å²) in [6, 6.07) is 10.1. The molecule has 0 aliphatic carbocycles. The Kier molecular flexibility index (Phi) is 6.07. The molecule has 0 fully saturated rings. The normalized spacial score (nSPS) is 12.6. The van der Waals surface area contributed by atoms with Gasteiger partial charge in [-0.2, -0.15) is 5.10 Å². The zero-order chi connectivity index (χ0) is 18.0. The van der Waals surface area contributed by atoms with E-state index in [0.717, 1.165) is 15.7 Å². The lowest BCUT2D eigenvalue weighted by Crippen LogP contribution is -2.40. The molecule has 0 atom stereocenters. The Morgan fingerprint density at radius 3 is 2.54 bits per heavy atom. The van der Waals surface area contributed by atoms with Crippen LogP contribution >= 0.6 is 15.9 Å². The van der Waals surface area contributed by atoms with Crippen LogP contribution in [0.1, 0.15) is 37.7 Å². The first-order valence-corrected chi connectivity index (χ1v) is 11.9. The van der Waals surface area contributed by atoms with E-state index in [1.807, 2.05) is 22.9 Å². The number of benzene rings is 1. The minimum absolute atomic E-state index is 0.0570. The number of rotatable bonds is 6. The van der Waals surface area contributed by atoms with E-state index in [1.165, 1.54) is 0 Å². The van der Waals surface area contributed by atoms with Gasteiger partial charge in [-0.05, 0) is 41.9 Å². The van der Waals surface area contributed by atoms with Gasteiger partial charge in [0, 0.05) is 4.47 Å². The lowest BCUT2D eigenvalue weighted by molar-refractivity contribution is 0.265. The van der Waals surface area contributed by atoms with Crippen LogP contribution < -0.4 is 0 Å². The smallest absolute Gasteiger partial charge is 0.192 e. The van der Waals surface area contributed by atoms with Crippen molar-refractivity contribution in [1.29, 1.82) is 0 Å². The second-order valence-corrected chi connectivity index (χ2v) is 13.3. The molecular formula is C18H27BrN2O2Si. The summed E-state index contributed by atoms with van der Waals surface area (Å²) in [6.45, 7) is 12.3. The molecule has 0 radical (unpaired) electrons. The molecule has 132 valence electrons. The minimum Gasteiger partial charge on any atom is -0.411 e. The number of hydrogen-bond donors (Lipinski definition) is 1. The Morgan fingerprint density at radius 1 is 1.25 bits per heavy atom. The second-order valence-electron chi connectivity index (χ2n) is 7.62. The van der Waals surface area contributed by atoms with Crippen molar-refractivity contribution < 1.29 is 9.53 Å². The number of aromatic nitrogens is 2. The van der Waals surface area contributed by atoms with Crippen LogP contribution in [-0.4, -0.2) is 23.2 Å². The van der Waals surface area contributed by atoms with Gasteiger partial charge >= 0.3 is 0 Å². The van der Waals surface area contributed by atoms with Gasteiger partial charge in [0.25, 0.3) is 0 Å². The van der Waals surface area contributed by atoms with E-state index in [4.69, 9.17) is 4.43 Å². The third-order valence-corrected chi connectivity index (χ3v) is 9.66. The highest BCUT2D eigenvalue weighted by Gasteiger charge is 2.37. The van der Waals surface area contributed by atoms with Crippen LogP contribution in [0.25, 0.3) is 0 Å². The van der Waals surface area contributed by atoms with Gasteiger partial charge < -0.3 is 9.53 Å². The number of halogens is 1. The summed E-state index contributed by atoms with van der Waals surface area (Å²) in [5, 5.41) is 14.1. The highest BCUT2D eigenvalue weighted by atomic mass is 79.9. The summed E-state index contributed by atoms with van der Waals surface area (Å²) in [6.07, 6.45) is 0. The molecule has 24 heavy (non-hydrogen) atoms. The number of aliphatic hydroxyl groups excluding tert-OH is 1. The summed E-state index contributed by atoms with van der Waals surface area (Å²) >= 11 is 3.50. The fourth-order valence-electron chi connectivity index (χ4n) is 2.12. The Bertz CT molecular complexity index is 693. The summed E-state index contributed by atoms with van der Waals surface area (Å²) in [5.41, 5.74) is 2.84. The average molecular weight is 411 g/mol. The molecule has 0 saturated heterocycles. The predicted octanol–water partition coefficient (Wildman–Crippen LogP) is 4.71. The molecule has 2 aromatic rings. The van der Waals surface area contributed by atoms with Gasteiger partial charge in [-0.15, -0.1) is 0 Å². The molecule has 1 aromatic heterocycles. The van der Waals surface area contributed by atoms with E-state index in [2.05, 4.69) is 67.0 Å². The molecule has 0 aliphatic heterocycles. The molecule has 4 nitrogen and oxygen atoms in total. The minimum atomic E-state index is -1.82. The van der Waals surface area contributed by atoms with Crippen LogP contribution in [0.3, 0.4) is 0 Å². The Balaban J connectivity index is 2.19. The third kappa shape index (κ3) is 4.78. The van der Waals surface area contributed by atoms with Crippen LogP contribution in [0.4, 0.5) is 0 Å². The number of hydrogen-bond acceptors (Lipinski definition) is 3. The maximum atomic E-state index is 9.43.